The van der Waals surface area contributed by atoms with E-state index >= 15 is 0 Å². The molecule has 0 saturated carbocycles. The van der Waals surface area contributed by atoms with Crippen molar-refractivity contribution in [1.82, 2.24) is 4.90 Å². The van der Waals surface area contributed by atoms with Gasteiger partial charge in [0.15, 0.2) is 5.96 Å². The van der Waals surface area contributed by atoms with Crippen LogP contribution in [0.25, 0.3) is 5.57 Å². The highest BCUT2D eigenvalue weighted by Gasteiger charge is 2.19. The van der Waals surface area contributed by atoms with Crippen LogP contribution in [0.2, 0.25) is 0 Å². The molecule has 2 aromatic carbocycles. The van der Waals surface area contributed by atoms with Crippen molar-refractivity contribution in [1.29, 1.82) is 5.41 Å². The van der Waals surface area contributed by atoms with E-state index in [1.165, 1.54) is 28.0 Å². The summed E-state index contributed by atoms with van der Waals surface area (Å²) < 4.78 is 0. The molecule has 1 fully saturated rings. The zero-order valence-electron chi connectivity index (χ0n) is 19.4. The molecule has 0 aromatic heterocycles. The lowest BCUT2D eigenvalue weighted by atomic mass is 9.85. The van der Waals surface area contributed by atoms with Gasteiger partial charge in [-0.3, -0.25) is 5.41 Å². The minimum atomic E-state index is 0.156. The Morgan fingerprint density at radius 3 is 2.12 bits per heavy atom. The zero-order chi connectivity index (χ0) is 23.2. The first kappa shape index (κ1) is 22.7. The Kier molecular flexibility index (Phi) is 7.18. The average molecular weight is 443 g/mol. The van der Waals surface area contributed by atoms with E-state index in [4.69, 9.17) is 11.1 Å². The second-order valence-electron chi connectivity index (χ2n) is 8.70. The smallest absolute Gasteiger partial charge is 0.188 e. The summed E-state index contributed by atoms with van der Waals surface area (Å²) in [7, 11) is 0. The van der Waals surface area contributed by atoms with Crippen molar-refractivity contribution in [2.45, 2.75) is 32.6 Å². The molecule has 2 aromatic rings. The number of phenolic OH excluding ortho intramolecular Hbond substituents is 1. The Morgan fingerprint density at radius 2 is 1.58 bits per heavy atom. The number of phenols is 1. The number of nitrogens with two attached hydrogens (primary N) is 1. The number of nitrogens with one attached hydrogen (secondary N) is 1. The first-order chi connectivity index (χ1) is 16.1. The normalized spacial score (nSPS) is 16.9. The summed E-state index contributed by atoms with van der Waals surface area (Å²) in [5.74, 6) is 0.440. The highest BCUT2D eigenvalue weighted by atomic mass is 16.3. The number of benzene rings is 2. The molecule has 5 heteroatoms. The third-order valence-corrected chi connectivity index (χ3v) is 6.44. The third kappa shape index (κ3) is 5.30. The van der Waals surface area contributed by atoms with E-state index in [2.05, 4.69) is 54.3 Å². The van der Waals surface area contributed by atoms with Gasteiger partial charge in [-0.25, -0.2) is 0 Å². The van der Waals surface area contributed by atoms with E-state index in [-0.39, 0.29) is 11.7 Å². The van der Waals surface area contributed by atoms with Crippen molar-refractivity contribution in [2.24, 2.45) is 5.73 Å². The monoisotopic (exact) mass is 442 g/mol. The molecule has 0 atom stereocenters. The van der Waals surface area contributed by atoms with Crippen molar-refractivity contribution >= 4 is 17.2 Å². The lowest BCUT2D eigenvalue weighted by Gasteiger charge is -2.36. The van der Waals surface area contributed by atoms with Crippen molar-refractivity contribution in [3.8, 4) is 5.75 Å². The van der Waals surface area contributed by atoms with Gasteiger partial charge in [-0.05, 0) is 71.4 Å². The predicted octanol–water partition coefficient (Wildman–Crippen LogP) is 5.29. The first-order valence-electron chi connectivity index (χ1n) is 11.9. The van der Waals surface area contributed by atoms with Crippen LogP contribution in [0, 0.1) is 5.41 Å². The topological polar surface area (TPSA) is 76.6 Å². The number of allylic oxidation sites excluding steroid dienone is 5. The number of aromatic hydroxyl groups is 1. The van der Waals surface area contributed by atoms with E-state index in [0.717, 1.165) is 57.4 Å². The van der Waals surface area contributed by atoms with Crippen LogP contribution in [-0.2, 0) is 0 Å². The number of hydrogen-bond donors (Lipinski definition) is 3. The molecule has 1 heterocycles. The van der Waals surface area contributed by atoms with Crippen LogP contribution in [0.4, 0.5) is 5.69 Å². The van der Waals surface area contributed by atoms with Crippen LogP contribution in [0.15, 0.2) is 77.9 Å². The van der Waals surface area contributed by atoms with E-state index in [9.17, 15) is 5.11 Å². The second-order valence-corrected chi connectivity index (χ2v) is 8.70. The van der Waals surface area contributed by atoms with Gasteiger partial charge >= 0.3 is 0 Å². The third-order valence-electron chi connectivity index (χ3n) is 6.44. The van der Waals surface area contributed by atoms with E-state index in [1.54, 1.807) is 12.1 Å². The molecule has 0 spiro atoms. The number of guanidine groups is 1. The van der Waals surface area contributed by atoms with Crippen LogP contribution in [0.5, 0.6) is 5.75 Å². The van der Waals surface area contributed by atoms with Gasteiger partial charge in [0.1, 0.15) is 5.75 Å². The van der Waals surface area contributed by atoms with Crippen LogP contribution < -0.4 is 10.6 Å². The van der Waals surface area contributed by atoms with Gasteiger partial charge in [-0.2, -0.15) is 0 Å². The minimum Gasteiger partial charge on any atom is -0.508 e. The molecule has 1 saturated heterocycles. The molecule has 1 aliphatic heterocycles. The van der Waals surface area contributed by atoms with Gasteiger partial charge in [-0.1, -0.05) is 55.8 Å². The Hall–Kier alpha value is -3.47. The van der Waals surface area contributed by atoms with Crippen molar-refractivity contribution in [3.05, 3.63) is 89.0 Å². The molecule has 2 aliphatic rings. The molecule has 0 unspecified atom stereocenters. The first-order valence-corrected chi connectivity index (χ1v) is 11.9. The van der Waals surface area contributed by atoms with Crippen molar-refractivity contribution < 1.29 is 5.11 Å². The molecule has 4 N–H and O–H groups in total. The Morgan fingerprint density at radius 1 is 0.939 bits per heavy atom. The molecule has 33 heavy (non-hydrogen) atoms. The molecule has 0 amide bonds. The lowest BCUT2D eigenvalue weighted by molar-refractivity contribution is 0.380. The fraction of sp³-hybridized carbons (Fsp3) is 0.321. The molecule has 172 valence electrons. The number of nitrogens with zero attached hydrogens (tertiary/aromatic N) is 2. The fourth-order valence-electron chi connectivity index (χ4n) is 4.69. The van der Waals surface area contributed by atoms with Gasteiger partial charge in [-0.15, -0.1) is 0 Å². The summed E-state index contributed by atoms with van der Waals surface area (Å²) in [4.78, 5) is 4.27. The summed E-state index contributed by atoms with van der Waals surface area (Å²) in [5, 5.41) is 17.5. The SMILES string of the molecule is CCC/C(C1=CCCC=C1)=C(\c1ccc(O)cc1)c1ccc(N2CCN(C(=N)N)CC2)cc1. The van der Waals surface area contributed by atoms with Crippen LogP contribution >= 0.6 is 0 Å². The van der Waals surface area contributed by atoms with Gasteiger partial charge < -0.3 is 20.6 Å². The average Bonchev–Trinajstić information content (AvgIpc) is 2.86. The summed E-state index contributed by atoms with van der Waals surface area (Å²) in [6, 6.07) is 16.4. The Bertz CT molecular complexity index is 1060. The molecular formula is C28H34N4O. The summed E-state index contributed by atoms with van der Waals surface area (Å²) in [6.07, 6.45) is 11.1. The molecule has 5 nitrogen and oxygen atoms in total. The number of anilines is 1. The lowest BCUT2D eigenvalue weighted by Crippen LogP contribution is -2.50. The molecule has 0 bridgehead atoms. The predicted molar refractivity (Wildman–Crippen MR) is 138 cm³/mol. The van der Waals surface area contributed by atoms with E-state index in [0.29, 0.717) is 0 Å². The maximum atomic E-state index is 9.86. The van der Waals surface area contributed by atoms with Crippen LogP contribution in [0.3, 0.4) is 0 Å². The fourth-order valence-corrected chi connectivity index (χ4v) is 4.69. The van der Waals surface area contributed by atoms with Crippen molar-refractivity contribution in [2.75, 3.05) is 31.1 Å². The Labute approximate surface area is 197 Å². The van der Waals surface area contributed by atoms with Crippen LogP contribution in [-0.4, -0.2) is 42.1 Å². The van der Waals surface area contributed by atoms with Crippen molar-refractivity contribution in [3.63, 3.8) is 0 Å². The summed E-state index contributed by atoms with van der Waals surface area (Å²) in [6.45, 7) is 5.50. The molecule has 0 radical (unpaired) electrons. The van der Waals surface area contributed by atoms with Crippen LogP contribution in [0.1, 0.15) is 43.7 Å². The second kappa shape index (κ2) is 10.4. The molecule has 4 rings (SSSR count). The molecule has 1 aliphatic carbocycles. The highest BCUT2D eigenvalue weighted by Crippen LogP contribution is 2.36. The molecular weight excluding hydrogens is 408 g/mol. The van der Waals surface area contributed by atoms with E-state index < -0.39 is 0 Å². The highest BCUT2D eigenvalue weighted by molar-refractivity contribution is 5.86. The van der Waals surface area contributed by atoms with Gasteiger partial charge in [0, 0.05) is 31.9 Å². The van der Waals surface area contributed by atoms with Gasteiger partial charge in [0.05, 0.1) is 0 Å². The Balaban J connectivity index is 1.70. The largest absolute Gasteiger partial charge is 0.508 e. The summed E-state index contributed by atoms with van der Waals surface area (Å²) in [5.41, 5.74) is 13.1. The maximum Gasteiger partial charge on any atom is 0.188 e. The van der Waals surface area contributed by atoms with E-state index in [1.807, 2.05) is 17.0 Å². The standard InChI is InChI=1S/C28H34N4O/c1-2-6-26(21-7-4-3-5-8-21)27(23-11-15-25(33)16-12-23)22-9-13-24(14-10-22)31-17-19-32(20-18-31)28(29)30/h4,7-16,33H,2-3,5-6,17-20H2,1H3,(H3,29,30)/b27-26+. The minimum absolute atomic E-state index is 0.156. The number of piperazine rings is 1. The van der Waals surface area contributed by atoms with Gasteiger partial charge in [0.2, 0.25) is 0 Å². The number of rotatable bonds is 6. The maximum absolute atomic E-state index is 9.86. The number of hydrogen-bond acceptors (Lipinski definition) is 3. The zero-order valence-corrected chi connectivity index (χ0v) is 19.4. The summed E-state index contributed by atoms with van der Waals surface area (Å²) >= 11 is 0. The quantitative estimate of drug-likeness (QED) is 0.420. The van der Waals surface area contributed by atoms with Gasteiger partial charge in [0.25, 0.3) is 0 Å².